The van der Waals surface area contributed by atoms with Crippen LogP contribution < -0.4 is 15.4 Å². The van der Waals surface area contributed by atoms with Crippen LogP contribution in [0, 0.1) is 11.6 Å². The molecule has 0 aliphatic carbocycles. The average Bonchev–Trinajstić information content (AvgIpc) is 2.73. The minimum atomic E-state index is -0.675. The highest BCUT2D eigenvalue weighted by Crippen LogP contribution is 2.20. The number of rotatable bonds is 8. The molecule has 30 heavy (non-hydrogen) atoms. The van der Waals surface area contributed by atoms with Crippen LogP contribution in [0.3, 0.4) is 0 Å². The Labute approximate surface area is 174 Å². The SMILES string of the molecule is COc1ccc(CN2CCNC(=O)C2CC(=O)NCCc2ccc(F)cc2)c(F)c1. The zero-order chi connectivity index (χ0) is 21.5. The number of methoxy groups -OCH3 is 1. The molecular weight excluding hydrogens is 392 g/mol. The lowest BCUT2D eigenvalue weighted by atomic mass is 10.1. The molecule has 1 saturated heterocycles. The molecule has 160 valence electrons. The quantitative estimate of drug-likeness (QED) is 0.690. The van der Waals surface area contributed by atoms with Gasteiger partial charge in [0.1, 0.15) is 17.4 Å². The lowest BCUT2D eigenvalue weighted by Gasteiger charge is -2.34. The monoisotopic (exact) mass is 417 g/mol. The predicted molar refractivity (Wildman–Crippen MR) is 108 cm³/mol. The van der Waals surface area contributed by atoms with E-state index >= 15 is 0 Å². The summed E-state index contributed by atoms with van der Waals surface area (Å²) in [6.45, 7) is 1.56. The van der Waals surface area contributed by atoms with Gasteiger partial charge in [-0.3, -0.25) is 14.5 Å². The molecule has 1 heterocycles. The van der Waals surface area contributed by atoms with Crippen LogP contribution in [0.2, 0.25) is 0 Å². The Morgan fingerprint density at radius 3 is 2.70 bits per heavy atom. The van der Waals surface area contributed by atoms with Crippen molar-refractivity contribution in [2.45, 2.75) is 25.4 Å². The minimum Gasteiger partial charge on any atom is -0.497 e. The summed E-state index contributed by atoms with van der Waals surface area (Å²) in [5, 5.41) is 5.56. The smallest absolute Gasteiger partial charge is 0.237 e. The molecule has 0 saturated carbocycles. The summed E-state index contributed by atoms with van der Waals surface area (Å²) in [5.41, 5.74) is 1.34. The first kappa shape index (κ1) is 21.7. The molecule has 1 atom stereocenters. The van der Waals surface area contributed by atoms with Gasteiger partial charge in [0, 0.05) is 37.8 Å². The van der Waals surface area contributed by atoms with Gasteiger partial charge >= 0.3 is 0 Å². The van der Waals surface area contributed by atoms with Crippen molar-refractivity contribution in [1.82, 2.24) is 15.5 Å². The van der Waals surface area contributed by atoms with Crippen molar-refractivity contribution < 1.29 is 23.1 Å². The molecule has 2 aromatic carbocycles. The molecule has 2 N–H and O–H groups in total. The number of hydrogen-bond donors (Lipinski definition) is 2. The highest BCUT2D eigenvalue weighted by Gasteiger charge is 2.32. The molecule has 1 aliphatic rings. The highest BCUT2D eigenvalue weighted by molar-refractivity contribution is 5.88. The van der Waals surface area contributed by atoms with Gasteiger partial charge in [-0.25, -0.2) is 8.78 Å². The second kappa shape index (κ2) is 10.2. The van der Waals surface area contributed by atoms with Gasteiger partial charge in [0.05, 0.1) is 19.6 Å². The van der Waals surface area contributed by atoms with Crippen LogP contribution in [0.15, 0.2) is 42.5 Å². The summed E-state index contributed by atoms with van der Waals surface area (Å²) in [6.07, 6.45) is 0.538. The average molecular weight is 417 g/mol. The molecular formula is C22H25F2N3O3. The summed E-state index contributed by atoms with van der Waals surface area (Å²) < 4.78 is 32.3. The maximum atomic E-state index is 14.3. The minimum absolute atomic E-state index is 0.0208. The number of nitrogens with one attached hydrogen (secondary N) is 2. The first-order chi connectivity index (χ1) is 14.5. The van der Waals surface area contributed by atoms with Gasteiger partial charge < -0.3 is 15.4 Å². The van der Waals surface area contributed by atoms with E-state index < -0.39 is 11.9 Å². The number of hydrogen-bond acceptors (Lipinski definition) is 4. The summed E-state index contributed by atoms with van der Waals surface area (Å²) >= 11 is 0. The highest BCUT2D eigenvalue weighted by atomic mass is 19.1. The van der Waals surface area contributed by atoms with Crippen LogP contribution in [0.4, 0.5) is 8.78 Å². The first-order valence-electron chi connectivity index (χ1n) is 9.81. The van der Waals surface area contributed by atoms with Gasteiger partial charge in [0.25, 0.3) is 0 Å². The van der Waals surface area contributed by atoms with E-state index in [4.69, 9.17) is 4.74 Å². The number of benzene rings is 2. The van der Waals surface area contributed by atoms with Gasteiger partial charge in [-0.1, -0.05) is 18.2 Å². The summed E-state index contributed by atoms with van der Waals surface area (Å²) in [5.74, 6) is -0.810. The summed E-state index contributed by atoms with van der Waals surface area (Å²) in [4.78, 5) is 26.6. The van der Waals surface area contributed by atoms with Crippen molar-refractivity contribution in [2.24, 2.45) is 0 Å². The van der Waals surface area contributed by atoms with Crippen molar-refractivity contribution in [3.05, 3.63) is 65.2 Å². The molecule has 1 aliphatic heterocycles. The van der Waals surface area contributed by atoms with Crippen LogP contribution >= 0.6 is 0 Å². The fourth-order valence-corrected chi connectivity index (χ4v) is 3.42. The maximum Gasteiger partial charge on any atom is 0.237 e. The van der Waals surface area contributed by atoms with E-state index in [0.29, 0.717) is 37.4 Å². The number of ether oxygens (including phenoxy) is 1. The normalized spacial score (nSPS) is 16.8. The van der Waals surface area contributed by atoms with Gasteiger partial charge in [0.2, 0.25) is 11.8 Å². The van der Waals surface area contributed by atoms with Gasteiger partial charge in [0.15, 0.2) is 0 Å². The van der Waals surface area contributed by atoms with Crippen molar-refractivity contribution in [3.8, 4) is 5.75 Å². The molecule has 1 fully saturated rings. The molecule has 2 amide bonds. The standard InChI is InChI=1S/C22H25F2N3O3/c1-30-18-7-4-16(19(24)12-18)14-27-11-10-26-22(29)20(27)13-21(28)25-9-8-15-2-5-17(23)6-3-15/h2-7,12,20H,8-11,13-14H2,1H3,(H,25,28)(H,26,29). The van der Waals surface area contributed by atoms with Crippen LogP contribution in [-0.4, -0.2) is 49.5 Å². The topological polar surface area (TPSA) is 70.7 Å². The number of carbonyl (C=O) groups is 2. The lowest BCUT2D eigenvalue weighted by molar-refractivity contribution is -0.134. The lowest BCUT2D eigenvalue weighted by Crippen LogP contribution is -2.56. The van der Waals surface area contributed by atoms with Crippen molar-refractivity contribution in [2.75, 3.05) is 26.7 Å². The third-order valence-corrected chi connectivity index (χ3v) is 5.10. The fraction of sp³-hybridized carbons (Fsp3) is 0.364. The molecule has 0 radical (unpaired) electrons. The van der Waals surface area contributed by atoms with E-state index in [1.54, 1.807) is 24.3 Å². The third kappa shape index (κ3) is 5.76. The Balaban J connectivity index is 1.56. The second-order valence-corrected chi connectivity index (χ2v) is 7.17. The zero-order valence-electron chi connectivity index (χ0n) is 16.8. The molecule has 0 bridgehead atoms. The van der Waals surface area contributed by atoms with E-state index in [-0.39, 0.29) is 30.6 Å². The Hall–Kier alpha value is -3.00. The largest absolute Gasteiger partial charge is 0.497 e. The first-order valence-corrected chi connectivity index (χ1v) is 9.81. The fourth-order valence-electron chi connectivity index (χ4n) is 3.42. The number of halogens is 2. The molecule has 2 aromatic rings. The predicted octanol–water partition coefficient (Wildman–Crippen LogP) is 2.02. The van der Waals surface area contributed by atoms with Gasteiger partial charge in [-0.2, -0.15) is 0 Å². The van der Waals surface area contributed by atoms with Crippen LogP contribution in [0.5, 0.6) is 5.75 Å². The molecule has 0 spiro atoms. The molecule has 8 heteroatoms. The maximum absolute atomic E-state index is 14.3. The van der Waals surface area contributed by atoms with E-state index in [0.717, 1.165) is 5.56 Å². The summed E-state index contributed by atoms with van der Waals surface area (Å²) in [6, 6.07) is 10.0. The van der Waals surface area contributed by atoms with E-state index in [1.165, 1.54) is 25.3 Å². The number of nitrogens with zero attached hydrogens (tertiary/aromatic N) is 1. The van der Waals surface area contributed by atoms with Crippen LogP contribution in [0.25, 0.3) is 0 Å². The molecule has 3 rings (SSSR count). The Morgan fingerprint density at radius 1 is 1.23 bits per heavy atom. The summed E-state index contributed by atoms with van der Waals surface area (Å²) in [7, 11) is 1.47. The zero-order valence-corrected chi connectivity index (χ0v) is 16.8. The Bertz CT molecular complexity index is 890. The number of amides is 2. The van der Waals surface area contributed by atoms with Gasteiger partial charge in [-0.05, 0) is 30.2 Å². The van der Waals surface area contributed by atoms with Crippen molar-refractivity contribution >= 4 is 11.8 Å². The van der Waals surface area contributed by atoms with Crippen molar-refractivity contribution in [1.29, 1.82) is 0 Å². The van der Waals surface area contributed by atoms with Gasteiger partial charge in [-0.15, -0.1) is 0 Å². The van der Waals surface area contributed by atoms with E-state index in [9.17, 15) is 18.4 Å². The van der Waals surface area contributed by atoms with Crippen LogP contribution in [0.1, 0.15) is 17.5 Å². The second-order valence-electron chi connectivity index (χ2n) is 7.17. The number of piperazine rings is 1. The Morgan fingerprint density at radius 2 is 2.00 bits per heavy atom. The van der Waals surface area contributed by atoms with Crippen LogP contribution in [-0.2, 0) is 22.6 Å². The van der Waals surface area contributed by atoms with E-state index in [1.807, 2.05) is 4.90 Å². The molecule has 6 nitrogen and oxygen atoms in total. The third-order valence-electron chi connectivity index (χ3n) is 5.10. The Kier molecular flexibility index (Phi) is 7.35. The number of carbonyl (C=O) groups excluding carboxylic acids is 2. The van der Waals surface area contributed by atoms with E-state index in [2.05, 4.69) is 10.6 Å². The van der Waals surface area contributed by atoms with Crippen molar-refractivity contribution in [3.63, 3.8) is 0 Å². The molecule has 0 aromatic heterocycles. The molecule has 1 unspecified atom stereocenters.